The molecule has 2 N–H and O–H groups in total. The van der Waals surface area contributed by atoms with E-state index in [2.05, 4.69) is 4.98 Å². The molecule has 0 amide bonds. The van der Waals surface area contributed by atoms with Crippen LogP contribution < -0.4 is 10.5 Å². The van der Waals surface area contributed by atoms with E-state index in [9.17, 15) is 4.39 Å². The smallest absolute Gasteiger partial charge is 0.149 e. The quantitative estimate of drug-likeness (QED) is 0.842. The number of benzene rings is 1. The molecule has 0 fully saturated rings. The van der Waals surface area contributed by atoms with Crippen LogP contribution in [0.15, 0.2) is 18.2 Å². The lowest BCUT2D eigenvalue weighted by molar-refractivity contribution is 0.419. The van der Waals surface area contributed by atoms with Crippen LogP contribution in [0.5, 0.6) is 5.75 Å². The predicted molar refractivity (Wildman–Crippen MR) is 71.4 cm³/mol. The second kappa shape index (κ2) is 4.12. The van der Waals surface area contributed by atoms with Crippen molar-refractivity contribution in [3.05, 3.63) is 29.7 Å². The summed E-state index contributed by atoms with van der Waals surface area (Å²) in [6.45, 7) is 6.04. The van der Waals surface area contributed by atoms with Gasteiger partial charge in [0.25, 0.3) is 0 Å². The fraction of sp³-hybridized carbons (Fsp3) is 0.357. The molecule has 4 heteroatoms. The van der Waals surface area contributed by atoms with Gasteiger partial charge in [-0.15, -0.1) is 0 Å². The molecular formula is C14H17FN2O. The van der Waals surface area contributed by atoms with E-state index in [0.717, 1.165) is 5.69 Å². The Labute approximate surface area is 106 Å². The molecule has 0 unspecified atom stereocenters. The average molecular weight is 248 g/mol. The van der Waals surface area contributed by atoms with Crippen LogP contribution in [0.2, 0.25) is 0 Å². The van der Waals surface area contributed by atoms with Crippen molar-refractivity contribution < 1.29 is 9.13 Å². The monoisotopic (exact) mass is 248 g/mol. The van der Waals surface area contributed by atoms with Crippen molar-refractivity contribution >= 4 is 16.6 Å². The van der Waals surface area contributed by atoms with Crippen molar-refractivity contribution in [1.82, 2.24) is 4.98 Å². The summed E-state index contributed by atoms with van der Waals surface area (Å²) >= 11 is 0. The Morgan fingerprint density at radius 2 is 1.94 bits per heavy atom. The summed E-state index contributed by atoms with van der Waals surface area (Å²) in [5.41, 5.74) is 7.34. The van der Waals surface area contributed by atoms with Crippen LogP contribution in [0.4, 0.5) is 10.1 Å². The summed E-state index contributed by atoms with van der Waals surface area (Å²) in [6.07, 6.45) is 0. The standard InChI is InChI=1S/C14H17FN2O/c1-14(2,3)11-7-9(16)12-10(18-4)6-5-8(15)13(12)17-11/h5-7H,1-4H3,(H2,16,17). The third kappa shape index (κ3) is 1.98. The van der Waals surface area contributed by atoms with Gasteiger partial charge in [-0.05, 0) is 18.2 Å². The highest BCUT2D eigenvalue weighted by atomic mass is 19.1. The maximum Gasteiger partial charge on any atom is 0.149 e. The second-order valence-corrected chi connectivity index (χ2v) is 5.32. The zero-order chi connectivity index (χ0) is 13.5. The Morgan fingerprint density at radius 1 is 1.28 bits per heavy atom. The van der Waals surface area contributed by atoms with E-state index in [4.69, 9.17) is 10.5 Å². The van der Waals surface area contributed by atoms with Gasteiger partial charge < -0.3 is 10.5 Å². The van der Waals surface area contributed by atoms with Crippen molar-refractivity contribution in [2.75, 3.05) is 12.8 Å². The van der Waals surface area contributed by atoms with E-state index in [1.807, 2.05) is 20.8 Å². The Hall–Kier alpha value is -1.84. The first-order valence-electron chi connectivity index (χ1n) is 5.78. The molecule has 2 aromatic rings. The van der Waals surface area contributed by atoms with Crippen LogP contribution in [-0.2, 0) is 5.41 Å². The predicted octanol–water partition coefficient (Wildman–Crippen LogP) is 3.26. The van der Waals surface area contributed by atoms with E-state index in [1.54, 1.807) is 12.1 Å². The summed E-state index contributed by atoms with van der Waals surface area (Å²) in [5, 5.41) is 0.533. The average Bonchev–Trinajstić information content (AvgIpc) is 2.29. The maximum atomic E-state index is 13.9. The lowest BCUT2D eigenvalue weighted by Crippen LogP contribution is -2.14. The molecule has 0 spiro atoms. The number of ether oxygens (including phenoxy) is 1. The van der Waals surface area contributed by atoms with E-state index in [-0.39, 0.29) is 16.7 Å². The number of halogens is 1. The summed E-state index contributed by atoms with van der Waals surface area (Å²) < 4.78 is 19.1. The molecule has 18 heavy (non-hydrogen) atoms. The van der Waals surface area contributed by atoms with E-state index in [0.29, 0.717) is 16.8 Å². The minimum atomic E-state index is -0.386. The van der Waals surface area contributed by atoms with Gasteiger partial charge in [0.05, 0.1) is 12.5 Å². The van der Waals surface area contributed by atoms with Gasteiger partial charge in [0, 0.05) is 16.8 Å². The van der Waals surface area contributed by atoms with E-state index >= 15 is 0 Å². The van der Waals surface area contributed by atoms with Crippen LogP contribution in [0, 0.1) is 5.82 Å². The number of aromatic nitrogens is 1. The summed E-state index contributed by atoms with van der Waals surface area (Å²) in [4.78, 5) is 4.38. The highest BCUT2D eigenvalue weighted by Gasteiger charge is 2.20. The first-order chi connectivity index (χ1) is 8.34. The molecule has 0 aliphatic carbocycles. The summed E-state index contributed by atoms with van der Waals surface area (Å²) in [5.74, 6) is 0.153. The van der Waals surface area contributed by atoms with Crippen molar-refractivity contribution in [2.45, 2.75) is 26.2 Å². The van der Waals surface area contributed by atoms with E-state index < -0.39 is 0 Å². The second-order valence-electron chi connectivity index (χ2n) is 5.32. The molecule has 0 radical (unpaired) electrons. The molecule has 1 heterocycles. The SMILES string of the molecule is COc1ccc(F)c2nc(C(C)(C)C)cc(N)c12. The number of rotatable bonds is 1. The molecule has 0 bridgehead atoms. The van der Waals surface area contributed by atoms with Gasteiger partial charge in [-0.1, -0.05) is 20.8 Å². The minimum absolute atomic E-state index is 0.183. The lowest BCUT2D eigenvalue weighted by atomic mass is 9.90. The minimum Gasteiger partial charge on any atom is -0.496 e. The third-order valence-electron chi connectivity index (χ3n) is 2.89. The number of nitrogens with zero attached hydrogens (tertiary/aromatic N) is 1. The summed E-state index contributed by atoms with van der Waals surface area (Å²) in [6, 6.07) is 4.69. The largest absolute Gasteiger partial charge is 0.496 e. The first-order valence-corrected chi connectivity index (χ1v) is 5.78. The van der Waals surface area contributed by atoms with Crippen LogP contribution >= 0.6 is 0 Å². The van der Waals surface area contributed by atoms with Crippen LogP contribution in [0.1, 0.15) is 26.5 Å². The van der Waals surface area contributed by atoms with Crippen molar-refractivity contribution in [1.29, 1.82) is 0 Å². The van der Waals surface area contributed by atoms with Crippen LogP contribution in [0.3, 0.4) is 0 Å². The van der Waals surface area contributed by atoms with Gasteiger partial charge in [-0.25, -0.2) is 9.37 Å². The Bertz CT molecular complexity index is 603. The number of nitrogens with two attached hydrogens (primary N) is 1. The topological polar surface area (TPSA) is 48.1 Å². The van der Waals surface area contributed by atoms with Gasteiger partial charge in [0.1, 0.15) is 17.1 Å². The molecule has 1 aromatic carbocycles. The van der Waals surface area contributed by atoms with Gasteiger partial charge in [-0.2, -0.15) is 0 Å². The van der Waals surface area contributed by atoms with Gasteiger partial charge >= 0.3 is 0 Å². The van der Waals surface area contributed by atoms with E-state index in [1.165, 1.54) is 13.2 Å². The lowest BCUT2D eigenvalue weighted by Gasteiger charge is -2.19. The van der Waals surface area contributed by atoms with Crippen LogP contribution in [0.25, 0.3) is 10.9 Å². The highest BCUT2D eigenvalue weighted by Crippen LogP contribution is 2.34. The first kappa shape index (κ1) is 12.6. The number of fused-ring (bicyclic) bond motifs is 1. The molecule has 0 aliphatic heterocycles. The zero-order valence-corrected chi connectivity index (χ0v) is 11.0. The number of hydrogen-bond acceptors (Lipinski definition) is 3. The van der Waals surface area contributed by atoms with Gasteiger partial charge in [-0.3, -0.25) is 0 Å². The Morgan fingerprint density at radius 3 is 2.50 bits per heavy atom. The summed E-state index contributed by atoms with van der Waals surface area (Å²) in [7, 11) is 1.53. The highest BCUT2D eigenvalue weighted by molar-refractivity contribution is 5.96. The van der Waals surface area contributed by atoms with Crippen molar-refractivity contribution in [2.24, 2.45) is 0 Å². The Kier molecular flexibility index (Phi) is 2.89. The number of anilines is 1. The van der Waals surface area contributed by atoms with Crippen molar-refractivity contribution in [3.63, 3.8) is 0 Å². The molecule has 0 atom stereocenters. The zero-order valence-electron chi connectivity index (χ0n) is 11.0. The van der Waals surface area contributed by atoms with Gasteiger partial charge in [0.2, 0.25) is 0 Å². The number of hydrogen-bond donors (Lipinski definition) is 1. The maximum absolute atomic E-state index is 13.9. The molecule has 2 rings (SSSR count). The molecule has 1 aromatic heterocycles. The molecule has 0 saturated heterocycles. The number of pyridine rings is 1. The fourth-order valence-electron chi connectivity index (χ4n) is 1.86. The normalized spacial score (nSPS) is 11.8. The molecule has 96 valence electrons. The fourth-order valence-corrected chi connectivity index (χ4v) is 1.86. The molecule has 0 saturated carbocycles. The number of methoxy groups -OCH3 is 1. The van der Waals surface area contributed by atoms with Crippen LogP contribution in [-0.4, -0.2) is 12.1 Å². The molecular weight excluding hydrogens is 231 g/mol. The van der Waals surface area contributed by atoms with Gasteiger partial charge in [0.15, 0.2) is 0 Å². The number of nitrogen functional groups attached to an aromatic ring is 1. The molecule has 3 nitrogen and oxygen atoms in total. The molecule has 0 aliphatic rings. The van der Waals surface area contributed by atoms with Crippen molar-refractivity contribution in [3.8, 4) is 5.75 Å². The Balaban J connectivity index is 2.85. The third-order valence-corrected chi connectivity index (χ3v) is 2.89.